The summed E-state index contributed by atoms with van der Waals surface area (Å²) in [4.78, 5) is 36.3. The molecular weight excluding hydrogens is 324 g/mol. The van der Waals surface area contributed by atoms with E-state index in [2.05, 4.69) is 9.97 Å². The molecule has 0 radical (unpaired) electrons. The molecule has 1 fully saturated rings. The van der Waals surface area contributed by atoms with Crippen LogP contribution in [-0.2, 0) is 0 Å². The molecule has 1 aliphatic rings. The second-order valence-electron chi connectivity index (χ2n) is 6.10. The van der Waals surface area contributed by atoms with E-state index in [0.29, 0.717) is 12.3 Å². The van der Waals surface area contributed by atoms with E-state index in [-0.39, 0.29) is 17.5 Å². The van der Waals surface area contributed by atoms with Crippen molar-refractivity contribution >= 4 is 23.0 Å². The van der Waals surface area contributed by atoms with Gasteiger partial charge in [0.1, 0.15) is 0 Å². The average molecular weight is 342 g/mol. The van der Waals surface area contributed by atoms with E-state index in [1.54, 1.807) is 18.5 Å². The smallest absolute Gasteiger partial charge is 0.264 e. The third-order valence-corrected chi connectivity index (χ3v) is 5.48. The molecule has 1 aliphatic heterocycles. The van der Waals surface area contributed by atoms with Crippen LogP contribution in [0.25, 0.3) is 5.78 Å². The van der Waals surface area contributed by atoms with Gasteiger partial charge in [0.15, 0.2) is 0 Å². The van der Waals surface area contributed by atoms with Gasteiger partial charge in [-0.05, 0) is 38.3 Å². The Labute approximate surface area is 142 Å². The van der Waals surface area contributed by atoms with E-state index in [9.17, 15) is 9.59 Å². The maximum atomic E-state index is 12.9. The summed E-state index contributed by atoms with van der Waals surface area (Å²) in [5, 5.41) is 0. The minimum Gasteiger partial charge on any atom is -0.329 e. The van der Waals surface area contributed by atoms with Gasteiger partial charge >= 0.3 is 0 Å². The van der Waals surface area contributed by atoms with Crippen LogP contribution in [-0.4, -0.2) is 31.7 Å². The fourth-order valence-electron chi connectivity index (χ4n) is 3.31. The van der Waals surface area contributed by atoms with Crippen molar-refractivity contribution in [3.05, 3.63) is 56.4 Å². The van der Waals surface area contributed by atoms with Crippen molar-refractivity contribution in [3.63, 3.8) is 0 Å². The number of piperidine rings is 1. The lowest BCUT2D eigenvalue weighted by atomic mass is 9.98. The predicted molar refractivity (Wildman–Crippen MR) is 92.5 cm³/mol. The molecule has 24 heavy (non-hydrogen) atoms. The van der Waals surface area contributed by atoms with Gasteiger partial charge in [-0.1, -0.05) is 0 Å². The average Bonchev–Trinajstić information content (AvgIpc) is 3.23. The number of rotatable bonds is 2. The van der Waals surface area contributed by atoms with E-state index >= 15 is 0 Å². The second-order valence-corrected chi connectivity index (χ2v) is 7.39. The number of thiophene rings is 1. The normalized spacial score (nSPS) is 18.2. The topological polar surface area (TPSA) is 70.5 Å². The summed E-state index contributed by atoms with van der Waals surface area (Å²) in [5.74, 6) is 0.560. The van der Waals surface area contributed by atoms with Crippen molar-refractivity contribution in [2.75, 3.05) is 6.54 Å². The largest absolute Gasteiger partial charge is 0.329 e. The maximum Gasteiger partial charge on any atom is 0.264 e. The molecular formula is C17H18N4O2S. The molecule has 4 heterocycles. The minimum atomic E-state index is -0.124. The molecule has 0 bridgehead atoms. The van der Waals surface area contributed by atoms with Gasteiger partial charge < -0.3 is 9.88 Å². The summed E-state index contributed by atoms with van der Waals surface area (Å²) in [6.07, 6.45) is 6.11. The van der Waals surface area contributed by atoms with Crippen LogP contribution in [0.15, 0.2) is 35.4 Å². The maximum absolute atomic E-state index is 12.9. The number of nitrogens with zero attached hydrogens (tertiary/aromatic N) is 3. The van der Waals surface area contributed by atoms with E-state index in [0.717, 1.165) is 34.7 Å². The Balaban J connectivity index is 1.73. The SMILES string of the molecule is Cc1ccc(C(=O)N2CCCC[C@@H]2c2cc(=O)n3ccnc3[nH]2)s1. The minimum absolute atomic E-state index is 0.0434. The summed E-state index contributed by atoms with van der Waals surface area (Å²) < 4.78 is 1.47. The van der Waals surface area contributed by atoms with Crippen molar-refractivity contribution in [1.82, 2.24) is 19.3 Å². The Hall–Kier alpha value is -2.41. The first-order chi connectivity index (χ1) is 11.6. The Morgan fingerprint density at radius 1 is 1.38 bits per heavy atom. The van der Waals surface area contributed by atoms with Crippen molar-refractivity contribution in [1.29, 1.82) is 0 Å². The number of carbonyl (C=O) groups is 1. The summed E-state index contributed by atoms with van der Waals surface area (Å²) in [6.45, 7) is 2.71. The lowest BCUT2D eigenvalue weighted by Gasteiger charge is -2.35. The fourth-order valence-corrected chi connectivity index (χ4v) is 4.13. The summed E-state index contributed by atoms with van der Waals surface area (Å²) >= 11 is 1.51. The van der Waals surface area contributed by atoms with Crippen molar-refractivity contribution in [2.45, 2.75) is 32.2 Å². The molecule has 1 saturated heterocycles. The number of hydrogen-bond donors (Lipinski definition) is 1. The zero-order valence-corrected chi connectivity index (χ0v) is 14.2. The molecule has 7 heteroatoms. The molecule has 3 aromatic heterocycles. The van der Waals surface area contributed by atoms with Crippen LogP contribution in [0.1, 0.15) is 45.5 Å². The van der Waals surface area contributed by atoms with Crippen LogP contribution in [0.3, 0.4) is 0 Å². The lowest BCUT2D eigenvalue weighted by Crippen LogP contribution is -2.39. The number of fused-ring (bicyclic) bond motifs is 1. The molecule has 0 aromatic carbocycles. The zero-order chi connectivity index (χ0) is 16.7. The number of carbonyl (C=O) groups excluding carboxylic acids is 1. The van der Waals surface area contributed by atoms with Gasteiger partial charge in [-0.2, -0.15) is 0 Å². The molecule has 0 spiro atoms. The second kappa shape index (κ2) is 5.90. The number of aromatic amines is 1. The van der Waals surface area contributed by atoms with Crippen molar-refractivity contribution in [2.24, 2.45) is 0 Å². The molecule has 1 atom stereocenters. The first-order valence-corrected chi connectivity index (χ1v) is 8.89. The number of imidazole rings is 1. The number of amides is 1. The number of H-pyrrole nitrogens is 1. The number of nitrogens with one attached hydrogen (secondary N) is 1. The first-order valence-electron chi connectivity index (χ1n) is 8.07. The highest BCUT2D eigenvalue weighted by Crippen LogP contribution is 2.32. The third kappa shape index (κ3) is 2.54. The van der Waals surface area contributed by atoms with Gasteiger partial charge in [0.2, 0.25) is 5.78 Å². The van der Waals surface area contributed by atoms with Crippen LogP contribution in [0.4, 0.5) is 0 Å². The van der Waals surface area contributed by atoms with Crippen LogP contribution < -0.4 is 5.56 Å². The molecule has 1 amide bonds. The number of hydrogen-bond acceptors (Lipinski definition) is 4. The van der Waals surface area contributed by atoms with Crippen LogP contribution >= 0.6 is 11.3 Å². The van der Waals surface area contributed by atoms with Gasteiger partial charge in [0.25, 0.3) is 11.5 Å². The molecule has 0 aliphatic carbocycles. The van der Waals surface area contributed by atoms with Gasteiger partial charge in [0.05, 0.1) is 10.9 Å². The van der Waals surface area contributed by atoms with Crippen molar-refractivity contribution in [3.8, 4) is 0 Å². The van der Waals surface area contributed by atoms with Gasteiger partial charge in [-0.3, -0.25) is 14.0 Å². The van der Waals surface area contributed by atoms with Gasteiger partial charge in [-0.25, -0.2) is 4.98 Å². The number of aromatic nitrogens is 3. The molecule has 1 N–H and O–H groups in total. The quantitative estimate of drug-likeness (QED) is 0.778. The van der Waals surface area contributed by atoms with Crippen molar-refractivity contribution < 1.29 is 4.79 Å². The number of likely N-dealkylation sites (tertiary alicyclic amines) is 1. The first kappa shape index (κ1) is 15.1. The molecule has 6 nitrogen and oxygen atoms in total. The Morgan fingerprint density at radius 2 is 2.25 bits per heavy atom. The van der Waals surface area contributed by atoms with E-state index in [4.69, 9.17) is 0 Å². The Bertz CT molecular complexity index is 955. The van der Waals surface area contributed by atoms with E-state index in [1.165, 1.54) is 15.7 Å². The highest BCUT2D eigenvalue weighted by molar-refractivity contribution is 7.13. The zero-order valence-electron chi connectivity index (χ0n) is 13.4. The number of aryl methyl sites for hydroxylation is 1. The van der Waals surface area contributed by atoms with Crippen LogP contribution in [0, 0.1) is 6.92 Å². The molecule has 124 valence electrons. The molecule has 0 unspecified atom stereocenters. The predicted octanol–water partition coefficient (Wildman–Crippen LogP) is 2.76. The monoisotopic (exact) mass is 342 g/mol. The Morgan fingerprint density at radius 3 is 3.04 bits per heavy atom. The summed E-state index contributed by atoms with van der Waals surface area (Å²) in [6, 6.07) is 5.33. The lowest BCUT2D eigenvalue weighted by molar-refractivity contribution is 0.0611. The standard InChI is InChI=1S/C17H18N4O2S/c1-11-5-6-14(24-11)16(23)20-8-3-2-4-13(20)12-10-15(22)21-9-7-18-17(21)19-12/h5-7,9-10,13H,2-4,8H2,1H3,(H,18,19)/t13-/m1/s1. The van der Waals surface area contributed by atoms with Crippen LogP contribution in [0.2, 0.25) is 0 Å². The van der Waals surface area contributed by atoms with Gasteiger partial charge in [-0.15, -0.1) is 11.3 Å². The highest BCUT2D eigenvalue weighted by atomic mass is 32.1. The summed E-state index contributed by atoms with van der Waals surface area (Å²) in [5.41, 5.74) is 0.640. The fraction of sp³-hybridized carbons (Fsp3) is 0.353. The van der Waals surface area contributed by atoms with E-state index in [1.807, 2.05) is 24.0 Å². The summed E-state index contributed by atoms with van der Waals surface area (Å²) in [7, 11) is 0. The highest BCUT2D eigenvalue weighted by Gasteiger charge is 2.30. The van der Waals surface area contributed by atoms with Crippen LogP contribution in [0.5, 0.6) is 0 Å². The molecule has 4 rings (SSSR count). The molecule has 3 aromatic rings. The molecule has 0 saturated carbocycles. The third-order valence-electron chi connectivity index (χ3n) is 4.49. The Kier molecular flexibility index (Phi) is 3.72. The van der Waals surface area contributed by atoms with Gasteiger partial charge in [0, 0.05) is 35.6 Å². The van der Waals surface area contributed by atoms with E-state index < -0.39 is 0 Å².